The number of anilines is 3. The van der Waals surface area contributed by atoms with E-state index in [4.69, 9.17) is 0 Å². The average molecular weight is 517 g/mol. The molecule has 2 N–H and O–H groups in total. The first kappa shape index (κ1) is 25.4. The predicted molar refractivity (Wildman–Crippen MR) is 167 cm³/mol. The summed E-state index contributed by atoms with van der Waals surface area (Å²) in [4.78, 5) is 2.25. The zero-order valence-corrected chi connectivity index (χ0v) is 21.9. The molecular formula is C36H28BNO2. The van der Waals surface area contributed by atoms with E-state index in [-0.39, 0.29) is 0 Å². The Balaban J connectivity index is 1.56. The van der Waals surface area contributed by atoms with Crippen molar-refractivity contribution in [2.45, 2.75) is 0 Å². The van der Waals surface area contributed by atoms with E-state index in [1.807, 2.05) is 60.7 Å². The molecule has 0 aliphatic heterocycles. The molecule has 40 heavy (non-hydrogen) atoms. The van der Waals surface area contributed by atoms with Gasteiger partial charge in [-0.2, -0.15) is 0 Å². The Kier molecular flexibility index (Phi) is 7.27. The fourth-order valence-electron chi connectivity index (χ4n) is 5.16. The SMILES string of the molecule is OB(O)c1ccccc1-c1cccc(N(c2ccccc2)c2cc(-c3ccccc3)cc(-c3ccccc3)c2)c1. The van der Waals surface area contributed by atoms with Crippen LogP contribution in [0.2, 0.25) is 0 Å². The van der Waals surface area contributed by atoms with Gasteiger partial charge < -0.3 is 14.9 Å². The topological polar surface area (TPSA) is 43.7 Å². The summed E-state index contributed by atoms with van der Waals surface area (Å²) >= 11 is 0. The van der Waals surface area contributed by atoms with E-state index < -0.39 is 7.12 Å². The number of para-hydroxylation sites is 1. The Morgan fingerprint density at radius 3 is 1.45 bits per heavy atom. The minimum atomic E-state index is -1.55. The fourth-order valence-corrected chi connectivity index (χ4v) is 5.16. The lowest BCUT2D eigenvalue weighted by atomic mass is 9.75. The lowest BCUT2D eigenvalue weighted by molar-refractivity contribution is 0.426. The molecule has 0 aromatic heterocycles. The first-order valence-corrected chi connectivity index (χ1v) is 13.3. The molecule has 6 aromatic rings. The van der Waals surface area contributed by atoms with Crippen molar-refractivity contribution in [3.8, 4) is 33.4 Å². The minimum Gasteiger partial charge on any atom is -0.423 e. The highest BCUT2D eigenvalue weighted by atomic mass is 16.4. The van der Waals surface area contributed by atoms with E-state index in [2.05, 4.69) is 95.9 Å². The molecule has 0 saturated carbocycles. The summed E-state index contributed by atoms with van der Waals surface area (Å²) in [6.07, 6.45) is 0. The number of benzene rings is 6. The number of nitrogens with zero attached hydrogens (tertiary/aromatic N) is 1. The number of rotatable bonds is 7. The molecule has 0 aliphatic rings. The highest BCUT2D eigenvalue weighted by Gasteiger charge is 2.19. The molecule has 0 fully saturated rings. The second kappa shape index (κ2) is 11.5. The van der Waals surface area contributed by atoms with Crippen LogP contribution < -0.4 is 10.4 Å². The maximum absolute atomic E-state index is 10.0. The van der Waals surface area contributed by atoms with Crippen molar-refractivity contribution in [1.29, 1.82) is 0 Å². The zero-order chi connectivity index (χ0) is 27.3. The van der Waals surface area contributed by atoms with E-state index in [1.165, 1.54) is 0 Å². The zero-order valence-electron chi connectivity index (χ0n) is 21.9. The second-order valence-corrected chi connectivity index (χ2v) is 9.68. The van der Waals surface area contributed by atoms with Crippen molar-refractivity contribution in [2.24, 2.45) is 0 Å². The van der Waals surface area contributed by atoms with Gasteiger partial charge in [-0.3, -0.25) is 0 Å². The second-order valence-electron chi connectivity index (χ2n) is 9.68. The van der Waals surface area contributed by atoms with E-state index in [9.17, 15) is 10.0 Å². The maximum atomic E-state index is 10.0. The Hall–Kier alpha value is -4.90. The summed E-state index contributed by atoms with van der Waals surface area (Å²) < 4.78 is 0. The molecule has 0 unspecified atom stereocenters. The van der Waals surface area contributed by atoms with Crippen LogP contribution in [0.25, 0.3) is 33.4 Å². The van der Waals surface area contributed by atoms with Gasteiger partial charge in [0.2, 0.25) is 0 Å². The van der Waals surface area contributed by atoms with Gasteiger partial charge in [0.15, 0.2) is 0 Å². The van der Waals surface area contributed by atoms with Crippen LogP contribution in [0.4, 0.5) is 17.1 Å². The quantitative estimate of drug-likeness (QED) is 0.212. The summed E-state index contributed by atoms with van der Waals surface area (Å²) in [6.45, 7) is 0. The molecule has 0 spiro atoms. The molecule has 0 amide bonds. The first-order chi connectivity index (χ1) is 19.7. The van der Waals surface area contributed by atoms with Crippen LogP contribution in [0.15, 0.2) is 158 Å². The largest absolute Gasteiger partial charge is 0.489 e. The summed E-state index contributed by atoms with van der Waals surface area (Å²) in [5, 5.41) is 20.0. The number of hydrogen-bond acceptors (Lipinski definition) is 3. The van der Waals surface area contributed by atoms with E-state index in [0.717, 1.165) is 50.4 Å². The van der Waals surface area contributed by atoms with Crippen molar-refractivity contribution < 1.29 is 10.0 Å². The highest BCUT2D eigenvalue weighted by molar-refractivity contribution is 6.60. The molecule has 192 valence electrons. The van der Waals surface area contributed by atoms with Crippen LogP contribution in [-0.2, 0) is 0 Å². The smallest absolute Gasteiger partial charge is 0.423 e. The molecule has 0 radical (unpaired) electrons. The Labute approximate surface area is 235 Å². The lowest BCUT2D eigenvalue weighted by Gasteiger charge is -2.27. The van der Waals surface area contributed by atoms with Gasteiger partial charge in [-0.05, 0) is 81.3 Å². The molecular weight excluding hydrogens is 489 g/mol. The third kappa shape index (κ3) is 5.32. The van der Waals surface area contributed by atoms with Gasteiger partial charge >= 0.3 is 7.12 Å². The van der Waals surface area contributed by atoms with Crippen LogP contribution in [0.3, 0.4) is 0 Å². The molecule has 0 aliphatic carbocycles. The van der Waals surface area contributed by atoms with E-state index in [1.54, 1.807) is 6.07 Å². The fraction of sp³-hybridized carbons (Fsp3) is 0. The van der Waals surface area contributed by atoms with Gasteiger partial charge in [0.05, 0.1) is 0 Å². The normalized spacial score (nSPS) is 10.8. The number of hydrogen-bond donors (Lipinski definition) is 2. The van der Waals surface area contributed by atoms with Crippen LogP contribution in [0.5, 0.6) is 0 Å². The van der Waals surface area contributed by atoms with Gasteiger partial charge in [0.25, 0.3) is 0 Å². The Morgan fingerprint density at radius 1 is 0.375 bits per heavy atom. The molecule has 4 heteroatoms. The van der Waals surface area contributed by atoms with Gasteiger partial charge in [-0.25, -0.2) is 0 Å². The predicted octanol–water partition coefficient (Wildman–Crippen LogP) is 7.84. The van der Waals surface area contributed by atoms with E-state index >= 15 is 0 Å². The van der Waals surface area contributed by atoms with Crippen LogP contribution in [-0.4, -0.2) is 17.2 Å². The molecule has 6 aromatic carbocycles. The van der Waals surface area contributed by atoms with Crippen LogP contribution >= 0.6 is 0 Å². The van der Waals surface area contributed by atoms with Crippen LogP contribution in [0, 0.1) is 0 Å². The molecule has 0 atom stereocenters. The lowest BCUT2D eigenvalue weighted by Crippen LogP contribution is -2.31. The Morgan fingerprint density at radius 2 is 0.850 bits per heavy atom. The highest BCUT2D eigenvalue weighted by Crippen LogP contribution is 2.40. The standard InChI is InChI=1S/C36H28BNO2/c39-37(40)36-22-11-10-21-35(36)29-17-12-20-33(24-29)38(32-18-8-3-9-19-32)34-25-30(27-13-4-1-5-14-27)23-31(26-34)28-15-6-2-7-16-28/h1-26,39-40H. The molecule has 0 saturated heterocycles. The summed E-state index contributed by atoms with van der Waals surface area (Å²) in [5.74, 6) is 0. The van der Waals surface area contributed by atoms with Gasteiger partial charge in [-0.15, -0.1) is 0 Å². The third-order valence-corrected chi connectivity index (χ3v) is 7.06. The van der Waals surface area contributed by atoms with E-state index in [0.29, 0.717) is 5.46 Å². The molecule has 3 nitrogen and oxygen atoms in total. The van der Waals surface area contributed by atoms with Crippen molar-refractivity contribution in [2.75, 3.05) is 4.90 Å². The van der Waals surface area contributed by atoms with Crippen molar-refractivity contribution >= 4 is 29.6 Å². The third-order valence-electron chi connectivity index (χ3n) is 7.06. The summed E-state index contributed by atoms with van der Waals surface area (Å²) in [6, 6.07) is 53.5. The average Bonchev–Trinajstić information content (AvgIpc) is 3.02. The maximum Gasteiger partial charge on any atom is 0.489 e. The van der Waals surface area contributed by atoms with Crippen molar-refractivity contribution in [3.63, 3.8) is 0 Å². The van der Waals surface area contributed by atoms with Gasteiger partial charge in [0.1, 0.15) is 0 Å². The summed E-state index contributed by atoms with van der Waals surface area (Å²) in [5.41, 5.74) is 9.74. The van der Waals surface area contributed by atoms with Crippen molar-refractivity contribution in [3.05, 3.63) is 158 Å². The van der Waals surface area contributed by atoms with Crippen molar-refractivity contribution in [1.82, 2.24) is 0 Å². The van der Waals surface area contributed by atoms with Gasteiger partial charge in [-0.1, -0.05) is 115 Å². The first-order valence-electron chi connectivity index (χ1n) is 13.3. The molecule has 0 bridgehead atoms. The molecule has 0 heterocycles. The van der Waals surface area contributed by atoms with Gasteiger partial charge in [0, 0.05) is 17.1 Å². The monoisotopic (exact) mass is 517 g/mol. The Bertz CT molecular complexity index is 1660. The minimum absolute atomic E-state index is 0.475. The molecule has 6 rings (SSSR count). The van der Waals surface area contributed by atoms with Crippen LogP contribution in [0.1, 0.15) is 0 Å². The summed E-state index contributed by atoms with van der Waals surface area (Å²) in [7, 11) is -1.55.